The van der Waals surface area contributed by atoms with Crippen molar-refractivity contribution in [1.29, 1.82) is 0 Å². The zero-order chi connectivity index (χ0) is 16.5. The molecule has 6 heteroatoms. The average Bonchev–Trinajstić information content (AvgIpc) is 2.54. The molecule has 1 aromatic carbocycles. The van der Waals surface area contributed by atoms with Crippen LogP contribution in [-0.2, 0) is 0 Å². The average molecular weight is 313 g/mol. The van der Waals surface area contributed by atoms with Crippen LogP contribution < -0.4 is 16.0 Å². The zero-order valence-corrected chi connectivity index (χ0v) is 13.5. The lowest BCUT2D eigenvalue weighted by Crippen LogP contribution is -2.20. The van der Waals surface area contributed by atoms with Gasteiger partial charge in [0.05, 0.1) is 11.9 Å². The third-order valence-electron chi connectivity index (χ3n) is 3.15. The number of hydrogen-bond acceptors (Lipinski definition) is 4. The predicted molar refractivity (Wildman–Crippen MR) is 95.0 cm³/mol. The topological polar surface area (TPSA) is 69.3 Å². The fraction of sp³-hybridized carbons (Fsp3) is 0.294. The van der Waals surface area contributed by atoms with Gasteiger partial charge in [0.2, 0.25) is 0 Å². The molecule has 0 unspecified atom stereocenters. The summed E-state index contributed by atoms with van der Waals surface area (Å²) in [5.41, 5.74) is 1.68. The van der Waals surface area contributed by atoms with Crippen molar-refractivity contribution in [2.75, 3.05) is 43.1 Å². The fourth-order valence-corrected chi connectivity index (χ4v) is 2.00. The van der Waals surface area contributed by atoms with E-state index in [0.29, 0.717) is 5.82 Å². The minimum absolute atomic E-state index is 0.310. The van der Waals surface area contributed by atoms with Crippen LogP contribution in [0.4, 0.5) is 22.0 Å². The third-order valence-corrected chi connectivity index (χ3v) is 3.15. The Kier molecular flexibility index (Phi) is 6.38. The van der Waals surface area contributed by atoms with Crippen LogP contribution in [0.2, 0.25) is 0 Å². The first-order valence-electron chi connectivity index (χ1n) is 7.61. The molecule has 0 saturated heterocycles. The Hall–Kier alpha value is -2.60. The Balaban J connectivity index is 1.77. The van der Waals surface area contributed by atoms with Crippen LogP contribution in [0.3, 0.4) is 0 Å². The molecule has 2 aromatic rings. The highest BCUT2D eigenvalue weighted by molar-refractivity contribution is 5.99. The molecule has 2 amide bonds. The van der Waals surface area contributed by atoms with Gasteiger partial charge in [0.15, 0.2) is 0 Å². The highest BCUT2D eigenvalue weighted by atomic mass is 16.2. The molecule has 0 spiro atoms. The van der Waals surface area contributed by atoms with Gasteiger partial charge in [-0.05, 0) is 51.3 Å². The lowest BCUT2D eigenvalue weighted by Gasteiger charge is -2.11. The molecule has 0 bridgehead atoms. The molecule has 0 aliphatic rings. The summed E-state index contributed by atoms with van der Waals surface area (Å²) in [6.45, 7) is 1.93. The van der Waals surface area contributed by atoms with E-state index < -0.39 is 0 Å². The number of aromatic nitrogens is 1. The van der Waals surface area contributed by atoms with Crippen LogP contribution in [0.1, 0.15) is 6.42 Å². The van der Waals surface area contributed by atoms with Crippen LogP contribution in [0.25, 0.3) is 0 Å². The van der Waals surface area contributed by atoms with Crippen LogP contribution in [-0.4, -0.2) is 43.1 Å². The molecule has 1 heterocycles. The van der Waals surface area contributed by atoms with Gasteiger partial charge in [-0.15, -0.1) is 0 Å². The highest BCUT2D eigenvalue weighted by Gasteiger charge is 2.03. The first-order chi connectivity index (χ1) is 11.1. The summed E-state index contributed by atoms with van der Waals surface area (Å²) in [5, 5.41) is 8.75. The van der Waals surface area contributed by atoms with Crippen LogP contribution in [0.5, 0.6) is 0 Å². The number of pyridine rings is 1. The van der Waals surface area contributed by atoms with Gasteiger partial charge in [-0.25, -0.2) is 9.78 Å². The lowest BCUT2D eigenvalue weighted by molar-refractivity contribution is 0.262. The Labute approximate surface area is 136 Å². The molecule has 6 nitrogen and oxygen atoms in total. The molecule has 0 radical (unpaired) electrons. The Morgan fingerprint density at radius 3 is 2.48 bits per heavy atom. The minimum atomic E-state index is -0.310. The maximum Gasteiger partial charge on any atom is 0.324 e. The standard InChI is InChI=1S/C17H23N5O/c1-22(2)12-6-11-18-15-9-10-16(19-13-15)21-17(23)20-14-7-4-3-5-8-14/h3-5,7-10,13,18H,6,11-12H2,1-2H3,(H2,19,20,21,23). The molecule has 0 atom stereocenters. The summed E-state index contributed by atoms with van der Waals surface area (Å²) in [7, 11) is 4.12. The van der Waals surface area contributed by atoms with Gasteiger partial charge in [0.1, 0.15) is 5.82 Å². The molecule has 0 saturated carbocycles. The smallest absolute Gasteiger partial charge is 0.324 e. The number of benzene rings is 1. The van der Waals surface area contributed by atoms with E-state index in [2.05, 4.69) is 39.9 Å². The van der Waals surface area contributed by atoms with E-state index in [1.807, 2.05) is 36.4 Å². The van der Waals surface area contributed by atoms with Crippen molar-refractivity contribution < 1.29 is 4.79 Å². The molecule has 23 heavy (non-hydrogen) atoms. The maximum atomic E-state index is 11.9. The minimum Gasteiger partial charge on any atom is -0.384 e. The van der Waals surface area contributed by atoms with E-state index in [9.17, 15) is 4.79 Å². The zero-order valence-electron chi connectivity index (χ0n) is 13.5. The second-order valence-electron chi connectivity index (χ2n) is 5.46. The van der Waals surface area contributed by atoms with Gasteiger partial charge in [-0.3, -0.25) is 5.32 Å². The Morgan fingerprint density at radius 1 is 1.04 bits per heavy atom. The van der Waals surface area contributed by atoms with Crippen molar-refractivity contribution in [3.05, 3.63) is 48.7 Å². The number of amides is 2. The van der Waals surface area contributed by atoms with Gasteiger partial charge in [0, 0.05) is 12.2 Å². The maximum absolute atomic E-state index is 11.9. The normalized spacial score (nSPS) is 10.4. The predicted octanol–water partition coefficient (Wildman–Crippen LogP) is 3.09. The van der Waals surface area contributed by atoms with E-state index in [1.54, 1.807) is 12.3 Å². The van der Waals surface area contributed by atoms with Gasteiger partial charge >= 0.3 is 6.03 Å². The summed E-state index contributed by atoms with van der Waals surface area (Å²) in [4.78, 5) is 18.2. The van der Waals surface area contributed by atoms with Crippen molar-refractivity contribution in [2.45, 2.75) is 6.42 Å². The molecule has 1 aromatic heterocycles. The number of carbonyl (C=O) groups is 1. The number of nitrogens with zero attached hydrogens (tertiary/aromatic N) is 2. The largest absolute Gasteiger partial charge is 0.384 e. The van der Waals surface area contributed by atoms with E-state index in [0.717, 1.165) is 30.9 Å². The van der Waals surface area contributed by atoms with E-state index in [-0.39, 0.29) is 6.03 Å². The van der Waals surface area contributed by atoms with Crippen molar-refractivity contribution in [3.63, 3.8) is 0 Å². The summed E-state index contributed by atoms with van der Waals surface area (Å²) in [5.74, 6) is 0.511. The van der Waals surface area contributed by atoms with Crippen molar-refractivity contribution >= 4 is 23.2 Å². The summed E-state index contributed by atoms with van der Waals surface area (Å²) in [6, 6.07) is 12.7. The Bertz CT molecular complexity index is 598. The van der Waals surface area contributed by atoms with Crippen molar-refractivity contribution in [3.8, 4) is 0 Å². The quantitative estimate of drug-likeness (QED) is 0.687. The van der Waals surface area contributed by atoms with Crippen LogP contribution in [0.15, 0.2) is 48.7 Å². The molecular formula is C17H23N5O. The third kappa shape index (κ3) is 6.36. The summed E-state index contributed by atoms with van der Waals surface area (Å²) < 4.78 is 0. The number of carbonyl (C=O) groups excluding carboxylic acids is 1. The lowest BCUT2D eigenvalue weighted by atomic mass is 10.3. The molecule has 0 fully saturated rings. The van der Waals surface area contributed by atoms with E-state index in [1.165, 1.54) is 0 Å². The number of anilines is 3. The number of nitrogens with one attached hydrogen (secondary N) is 3. The number of rotatable bonds is 7. The van der Waals surface area contributed by atoms with Crippen molar-refractivity contribution in [2.24, 2.45) is 0 Å². The highest BCUT2D eigenvalue weighted by Crippen LogP contribution is 2.11. The summed E-state index contributed by atoms with van der Waals surface area (Å²) in [6.07, 6.45) is 2.78. The summed E-state index contributed by atoms with van der Waals surface area (Å²) >= 11 is 0. The van der Waals surface area contributed by atoms with E-state index in [4.69, 9.17) is 0 Å². The van der Waals surface area contributed by atoms with Gasteiger partial charge in [-0.2, -0.15) is 0 Å². The molecule has 3 N–H and O–H groups in total. The monoisotopic (exact) mass is 313 g/mol. The SMILES string of the molecule is CN(C)CCCNc1ccc(NC(=O)Nc2ccccc2)nc1. The molecule has 2 rings (SSSR count). The molecule has 0 aliphatic heterocycles. The van der Waals surface area contributed by atoms with Crippen LogP contribution in [0, 0.1) is 0 Å². The van der Waals surface area contributed by atoms with Gasteiger partial charge in [-0.1, -0.05) is 18.2 Å². The van der Waals surface area contributed by atoms with Crippen molar-refractivity contribution in [1.82, 2.24) is 9.88 Å². The first kappa shape index (κ1) is 16.8. The number of hydrogen-bond donors (Lipinski definition) is 3. The first-order valence-corrected chi connectivity index (χ1v) is 7.61. The molecule has 122 valence electrons. The van der Waals surface area contributed by atoms with Gasteiger partial charge in [0.25, 0.3) is 0 Å². The molecule has 0 aliphatic carbocycles. The second kappa shape index (κ2) is 8.75. The fourth-order valence-electron chi connectivity index (χ4n) is 2.00. The van der Waals surface area contributed by atoms with E-state index >= 15 is 0 Å². The number of para-hydroxylation sites is 1. The Morgan fingerprint density at radius 2 is 1.83 bits per heavy atom. The number of urea groups is 1. The van der Waals surface area contributed by atoms with Crippen LogP contribution >= 0.6 is 0 Å². The van der Waals surface area contributed by atoms with Gasteiger partial charge < -0.3 is 15.5 Å². The second-order valence-corrected chi connectivity index (χ2v) is 5.46. The molecular weight excluding hydrogens is 290 g/mol.